The summed E-state index contributed by atoms with van der Waals surface area (Å²) in [6.07, 6.45) is 0. The van der Waals surface area contributed by atoms with Crippen LogP contribution < -0.4 is 25.5 Å². The molecule has 14 nitrogen and oxygen atoms in total. The second kappa shape index (κ2) is 12.7. The number of hydrogen-bond donors (Lipinski definition) is 4. The Kier molecular flexibility index (Phi) is 12.8. The van der Waals surface area contributed by atoms with E-state index >= 15 is 0 Å². The molecule has 0 amide bonds. The molecular weight excluding hydrogens is 440 g/mol. The number of phosphoric acid groups is 3. The maximum atomic E-state index is 12.2. The van der Waals surface area contributed by atoms with Crippen molar-refractivity contribution in [3.63, 3.8) is 0 Å². The summed E-state index contributed by atoms with van der Waals surface area (Å²) in [4.78, 5) is 49.8. The molecule has 0 saturated carbocycles. The predicted octanol–water partition coefficient (Wildman–Crippen LogP) is -2.63. The molecule has 0 rings (SSSR count). The fraction of sp³-hybridized carbons (Fsp3) is 1.00. The number of halogens is 1. The first kappa shape index (κ1) is 27.2. The van der Waals surface area contributed by atoms with Gasteiger partial charge in [-0.3, -0.25) is 13.7 Å². The van der Waals surface area contributed by atoms with Crippen molar-refractivity contribution >= 4 is 23.5 Å². The van der Waals surface area contributed by atoms with E-state index in [0.29, 0.717) is 0 Å². The molecule has 0 aliphatic carbocycles. The Balaban J connectivity index is 4.53. The molecule has 0 aromatic rings. The zero-order chi connectivity index (χ0) is 21.1. The van der Waals surface area contributed by atoms with E-state index in [2.05, 4.69) is 23.4 Å². The molecule has 0 saturated heterocycles. The van der Waals surface area contributed by atoms with Gasteiger partial charge in [0.05, 0.1) is 26.4 Å². The molecule has 0 aliphatic heterocycles. The minimum absolute atomic E-state index is 0.0670. The fourth-order valence-corrected chi connectivity index (χ4v) is 3.22. The highest BCUT2D eigenvalue weighted by Gasteiger charge is 2.20. The Morgan fingerprint density at radius 3 is 1.56 bits per heavy atom. The maximum Gasteiger partial charge on any atom is 0.267 e. The average molecular weight is 461 g/mol. The second-order valence-corrected chi connectivity index (χ2v) is 9.00. The van der Waals surface area contributed by atoms with Crippen molar-refractivity contribution in [3.05, 3.63) is 0 Å². The third-order valence-corrected chi connectivity index (χ3v) is 4.62. The van der Waals surface area contributed by atoms with Gasteiger partial charge >= 0.3 is 0 Å². The summed E-state index contributed by atoms with van der Waals surface area (Å²) in [6.45, 7) is -3.13. The van der Waals surface area contributed by atoms with Gasteiger partial charge in [0.25, 0.3) is 23.5 Å². The van der Waals surface area contributed by atoms with Gasteiger partial charge in [0, 0.05) is 24.9 Å². The van der Waals surface area contributed by atoms with Crippen LogP contribution in [0.5, 0.6) is 0 Å². The van der Waals surface area contributed by atoms with Gasteiger partial charge in [0.2, 0.25) is 0 Å². The van der Waals surface area contributed by atoms with Crippen molar-refractivity contribution < 1.29 is 60.7 Å². The largest absolute Gasteiger partial charge is 0.756 e. The van der Waals surface area contributed by atoms with E-state index < -0.39 is 68.3 Å². The van der Waals surface area contributed by atoms with Crippen LogP contribution in [0.1, 0.15) is 0 Å². The van der Waals surface area contributed by atoms with Gasteiger partial charge in [-0.15, -0.1) is 4.48 Å². The van der Waals surface area contributed by atoms with Crippen molar-refractivity contribution in [2.75, 3.05) is 46.6 Å². The van der Waals surface area contributed by atoms with E-state index in [0.717, 1.165) is 0 Å². The summed E-state index contributed by atoms with van der Waals surface area (Å²) in [5.74, 6) is -1.92. The van der Waals surface area contributed by atoms with Gasteiger partial charge in [0.15, 0.2) is 0 Å². The first-order valence-electron chi connectivity index (χ1n) is 7.23. The zero-order valence-corrected chi connectivity index (χ0v) is 16.8. The molecule has 0 aromatic carbocycles. The Bertz CT molecular complexity index is 512. The minimum Gasteiger partial charge on any atom is -0.756 e. The number of phosphoric ester groups is 3. The smallest absolute Gasteiger partial charge is 0.267 e. The van der Waals surface area contributed by atoms with Crippen LogP contribution in [0, 0.1) is 11.8 Å². The van der Waals surface area contributed by atoms with Gasteiger partial charge in [-0.05, 0) is 7.05 Å². The summed E-state index contributed by atoms with van der Waals surface area (Å²) in [5, 5.41) is 2.63. The van der Waals surface area contributed by atoms with Crippen molar-refractivity contribution in [2.24, 2.45) is 11.8 Å². The fourth-order valence-electron chi connectivity index (χ4n) is 1.56. The molecule has 4 N–H and O–H groups in total. The zero-order valence-electron chi connectivity index (χ0n) is 14.1. The minimum atomic E-state index is -5.09. The van der Waals surface area contributed by atoms with Crippen LogP contribution >= 0.6 is 23.5 Å². The molecule has 0 spiro atoms. The quantitative estimate of drug-likeness (QED) is 0.136. The van der Waals surface area contributed by atoms with Crippen LogP contribution in [0.3, 0.4) is 0 Å². The highest BCUT2D eigenvalue weighted by Crippen LogP contribution is 2.40. The van der Waals surface area contributed by atoms with Gasteiger partial charge < -0.3 is 47.9 Å². The first-order chi connectivity index (χ1) is 12.3. The molecule has 0 aliphatic rings. The summed E-state index contributed by atoms with van der Waals surface area (Å²) in [6, 6.07) is 0. The Labute approximate surface area is 154 Å². The van der Waals surface area contributed by atoms with Gasteiger partial charge in [-0.2, -0.15) is 5.54 Å². The lowest BCUT2D eigenvalue weighted by Gasteiger charge is -2.28. The molecule has 18 heteroatoms. The third-order valence-electron chi connectivity index (χ3n) is 2.74. The second-order valence-electron chi connectivity index (χ2n) is 5.19. The van der Waals surface area contributed by atoms with E-state index in [-0.39, 0.29) is 6.54 Å². The van der Waals surface area contributed by atoms with Gasteiger partial charge in [-0.1, -0.05) is 0 Å². The Morgan fingerprint density at radius 2 is 1.22 bits per heavy atom. The van der Waals surface area contributed by atoms with Crippen LogP contribution in [0.2, 0.25) is 0 Å². The average Bonchev–Trinajstić information content (AvgIpc) is 2.51. The first-order valence-corrected chi connectivity index (χ1v) is 11.7. The normalized spacial score (nSPS) is 21.0. The van der Waals surface area contributed by atoms with E-state index in [9.17, 15) is 32.9 Å². The monoisotopic (exact) mass is 461 g/mol. The van der Waals surface area contributed by atoms with E-state index in [1.807, 2.05) is 0 Å². The SMILES string of the molecule is CNCC(COP(=O)([O-])O)COP(=O)([O-])OCC(CNF)COP(=O)([O-])O. The Hall–Kier alpha value is 0.180. The molecule has 0 heterocycles. The van der Waals surface area contributed by atoms with E-state index in [1.54, 1.807) is 0 Å². The lowest BCUT2D eigenvalue weighted by atomic mass is 10.2. The van der Waals surface area contributed by atoms with Crippen LogP contribution in [-0.4, -0.2) is 56.4 Å². The van der Waals surface area contributed by atoms with Crippen molar-refractivity contribution in [2.45, 2.75) is 0 Å². The van der Waals surface area contributed by atoms with E-state index in [4.69, 9.17) is 9.79 Å². The van der Waals surface area contributed by atoms with Crippen molar-refractivity contribution in [1.82, 2.24) is 10.9 Å². The number of hydrogen-bond acceptors (Lipinski definition) is 12. The summed E-state index contributed by atoms with van der Waals surface area (Å²) in [7, 11) is -13.5. The highest BCUT2D eigenvalue weighted by atomic mass is 31.2. The lowest BCUT2D eigenvalue weighted by Crippen LogP contribution is -2.29. The molecule has 164 valence electrons. The summed E-state index contributed by atoms with van der Waals surface area (Å²) >= 11 is 0. The lowest BCUT2D eigenvalue weighted by molar-refractivity contribution is -0.228. The van der Waals surface area contributed by atoms with Gasteiger partial charge in [-0.25, -0.2) is 0 Å². The number of rotatable bonds is 16. The standard InChI is InChI=1S/C9H24FN2O12P3/c1-11-2-8(4-21-25(13,14)15)6-23-27(19,20)24-7-9(3-12-10)5-22-26(16,17)18/h8-9,11-12H,2-7H2,1H3,(H,19,20)(H2,13,14,15)(H2,16,17,18)/p-3. The summed E-state index contributed by atoms with van der Waals surface area (Å²) in [5.41, 5.74) is 1.17. The van der Waals surface area contributed by atoms with Gasteiger partial charge in [0.1, 0.15) is 0 Å². The molecule has 5 unspecified atom stereocenters. The number of nitrogens with one attached hydrogen (secondary N) is 2. The molecule has 27 heavy (non-hydrogen) atoms. The Morgan fingerprint density at radius 1 is 0.852 bits per heavy atom. The van der Waals surface area contributed by atoms with Crippen LogP contribution in [-0.2, 0) is 31.8 Å². The van der Waals surface area contributed by atoms with Crippen LogP contribution in [0.4, 0.5) is 4.48 Å². The van der Waals surface area contributed by atoms with Crippen LogP contribution in [0.25, 0.3) is 0 Å². The third kappa shape index (κ3) is 16.8. The molecule has 0 aromatic heterocycles. The van der Waals surface area contributed by atoms with Crippen molar-refractivity contribution in [1.29, 1.82) is 0 Å². The highest BCUT2D eigenvalue weighted by molar-refractivity contribution is 7.46. The molecule has 0 bridgehead atoms. The molecule has 0 fully saturated rings. The summed E-state index contributed by atoms with van der Waals surface area (Å²) < 4.78 is 62.1. The van der Waals surface area contributed by atoms with Crippen LogP contribution in [0.15, 0.2) is 0 Å². The topological polar surface area (TPSA) is 222 Å². The van der Waals surface area contributed by atoms with Crippen molar-refractivity contribution in [3.8, 4) is 0 Å². The maximum absolute atomic E-state index is 12.2. The molecular formula is C9H21FN2O12P3-3. The molecule has 5 atom stereocenters. The predicted molar refractivity (Wildman–Crippen MR) is 81.1 cm³/mol. The molecule has 0 radical (unpaired) electrons. The van der Waals surface area contributed by atoms with E-state index in [1.165, 1.54) is 12.6 Å².